The van der Waals surface area contributed by atoms with Crippen molar-refractivity contribution < 1.29 is 0 Å². The second-order valence-electron chi connectivity index (χ2n) is 6.03. The van der Waals surface area contributed by atoms with Gasteiger partial charge in [0, 0.05) is 17.8 Å². The normalized spacial score (nSPS) is 22.4. The van der Waals surface area contributed by atoms with Crippen molar-refractivity contribution in [2.45, 2.75) is 39.2 Å². The summed E-state index contributed by atoms with van der Waals surface area (Å²) in [4.78, 5) is 2.60. The van der Waals surface area contributed by atoms with E-state index in [0.717, 1.165) is 18.9 Å². The average Bonchev–Trinajstić information content (AvgIpc) is 2.64. The maximum atomic E-state index is 3.32. The fourth-order valence-corrected chi connectivity index (χ4v) is 3.31. The van der Waals surface area contributed by atoms with Crippen LogP contribution >= 0.6 is 0 Å². The van der Waals surface area contributed by atoms with Gasteiger partial charge >= 0.3 is 0 Å². The smallest absolute Gasteiger partial charge is 0.0403 e. The van der Waals surface area contributed by atoms with E-state index in [9.17, 15) is 0 Å². The Hall–Kier alpha value is -1.02. The number of para-hydroxylation sites is 1. The summed E-state index contributed by atoms with van der Waals surface area (Å²) in [5.41, 5.74) is 3.17. The highest BCUT2D eigenvalue weighted by Gasteiger charge is 2.38. The highest BCUT2D eigenvalue weighted by molar-refractivity contribution is 5.56. The van der Waals surface area contributed by atoms with Crippen molar-refractivity contribution in [2.75, 3.05) is 25.0 Å². The minimum atomic E-state index is 0.271. The Labute approximate surface area is 111 Å². The van der Waals surface area contributed by atoms with Gasteiger partial charge in [0.05, 0.1) is 0 Å². The molecule has 1 unspecified atom stereocenters. The summed E-state index contributed by atoms with van der Waals surface area (Å²) < 4.78 is 0. The zero-order valence-corrected chi connectivity index (χ0v) is 12.2. The molecule has 2 rings (SSSR count). The molecule has 0 aliphatic carbocycles. The van der Waals surface area contributed by atoms with E-state index in [1.807, 2.05) is 0 Å². The van der Waals surface area contributed by atoms with Crippen LogP contribution in [0.5, 0.6) is 0 Å². The molecule has 0 bridgehead atoms. The molecule has 1 heterocycles. The Morgan fingerprint density at radius 1 is 1.33 bits per heavy atom. The largest absolute Gasteiger partial charge is 0.366 e. The van der Waals surface area contributed by atoms with Crippen molar-refractivity contribution in [3.63, 3.8) is 0 Å². The van der Waals surface area contributed by atoms with Crippen molar-refractivity contribution in [1.29, 1.82) is 0 Å². The lowest BCUT2D eigenvalue weighted by atomic mass is 9.96. The summed E-state index contributed by atoms with van der Waals surface area (Å²) >= 11 is 0. The van der Waals surface area contributed by atoms with Crippen LogP contribution in [0.15, 0.2) is 24.3 Å². The summed E-state index contributed by atoms with van der Waals surface area (Å²) in [6.07, 6.45) is 2.38. The molecule has 0 saturated carbocycles. The van der Waals surface area contributed by atoms with E-state index in [1.165, 1.54) is 24.2 Å². The van der Waals surface area contributed by atoms with Gasteiger partial charge in [-0.2, -0.15) is 0 Å². The van der Waals surface area contributed by atoms with Crippen molar-refractivity contribution in [3.05, 3.63) is 29.8 Å². The first kappa shape index (κ1) is 13.4. The molecule has 1 aromatic carbocycles. The molecule has 2 heteroatoms. The molecule has 1 fully saturated rings. The Morgan fingerprint density at radius 2 is 2.06 bits per heavy atom. The number of hydrogen-bond acceptors (Lipinski definition) is 2. The summed E-state index contributed by atoms with van der Waals surface area (Å²) in [6, 6.07) is 8.85. The van der Waals surface area contributed by atoms with Gasteiger partial charge in [-0.3, -0.25) is 0 Å². The van der Waals surface area contributed by atoms with Crippen LogP contribution in [0, 0.1) is 5.92 Å². The van der Waals surface area contributed by atoms with E-state index >= 15 is 0 Å². The van der Waals surface area contributed by atoms with Gasteiger partial charge in [0.2, 0.25) is 0 Å². The van der Waals surface area contributed by atoms with Gasteiger partial charge in [0.25, 0.3) is 0 Å². The van der Waals surface area contributed by atoms with Crippen molar-refractivity contribution in [2.24, 2.45) is 5.92 Å². The quantitative estimate of drug-likeness (QED) is 0.878. The molecule has 0 aromatic heterocycles. The molecule has 1 saturated heterocycles. The number of rotatable bonds is 4. The van der Waals surface area contributed by atoms with Crippen molar-refractivity contribution in [3.8, 4) is 0 Å². The topological polar surface area (TPSA) is 15.3 Å². The predicted molar refractivity (Wildman–Crippen MR) is 79.3 cm³/mol. The van der Waals surface area contributed by atoms with Crippen molar-refractivity contribution in [1.82, 2.24) is 5.32 Å². The first-order chi connectivity index (χ1) is 8.58. The van der Waals surface area contributed by atoms with E-state index in [4.69, 9.17) is 0 Å². The zero-order chi connectivity index (χ0) is 13.2. The third kappa shape index (κ3) is 2.54. The molecule has 1 atom stereocenters. The average molecular weight is 246 g/mol. The molecule has 0 radical (unpaired) electrons. The van der Waals surface area contributed by atoms with Crippen LogP contribution in [0.1, 0.15) is 32.8 Å². The molecule has 1 aromatic rings. The molecule has 0 amide bonds. The number of benzene rings is 1. The number of nitrogens with one attached hydrogen (secondary N) is 1. The van der Waals surface area contributed by atoms with Crippen LogP contribution in [0.25, 0.3) is 0 Å². The van der Waals surface area contributed by atoms with Crippen molar-refractivity contribution >= 4 is 5.69 Å². The van der Waals surface area contributed by atoms with Crippen LogP contribution in [-0.2, 0) is 6.42 Å². The summed E-state index contributed by atoms with van der Waals surface area (Å²) in [7, 11) is 2.05. The molecule has 1 aliphatic rings. The lowest BCUT2D eigenvalue weighted by molar-refractivity contribution is 0.461. The molecule has 1 aliphatic heterocycles. The number of nitrogens with zero attached hydrogens (tertiary/aromatic N) is 1. The molecule has 1 N–H and O–H groups in total. The lowest BCUT2D eigenvalue weighted by Gasteiger charge is -2.35. The standard InChI is InChI=1S/C16H26N2/c1-5-14-8-6-7-9-15(14)18-12-13(11-17-4)10-16(18,2)3/h6-9,13,17H,5,10-12H2,1-4H3. The van der Waals surface area contributed by atoms with E-state index in [-0.39, 0.29) is 5.54 Å². The number of hydrogen-bond donors (Lipinski definition) is 1. The fourth-order valence-electron chi connectivity index (χ4n) is 3.31. The van der Waals surface area contributed by atoms with Crippen LogP contribution in [0.2, 0.25) is 0 Å². The first-order valence-corrected chi connectivity index (χ1v) is 7.08. The van der Waals surface area contributed by atoms with Gasteiger partial charge < -0.3 is 10.2 Å². The van der Waals surface area contributed by atoms with Gasteiger partial charge in [-0.15, -0.1) is 0 Å². The van der Waals surface area contributed by atoms with Gasteiger partial charge in [0.1, 0.15) is 0 Å². The summed E-state index contributed by atoms with van der Waals surface area (Å²) in [6.45, 7) is 9.27. The summed E-state index contributed by atoms with van der Waals surface area (Å²) in [5, 5.41) is 3.32. The van der Waals surface area contributed by atoms with Gasteiger partial charge in [0.15, 0.2) is 0 Å². The van der Waals surface area contributed by atoms with E-state index in [2.05, 4.69) is 62.3 Å². The number of anilines is 1. The molecule has 2 nitrogen and oxygen atoms in total. The Kier molecular flexibility index (Phi) is 3.96. The van der Waals surface area contributed by atoms with Crippen LogP contribution < -0.4 is 10.2 Å². The van der Waals surface area contributed by atoms with Crippen LogP contribution in [-0.4, -0.2) is 25.7 Å². The van der Waals surface area contributed by atoms with E-state index in [1.54, 1.807) is 0 Å². The van der Waals surface area contributed by atoms with Gasteiger partial charge in [-0.1, -0.05) is 25.1 Å². The molecule has 0 spiro atoms. The lowest BCUT2D eigenvalue weighted by Crippen LogP contribution is -2.38. The highest BCUT2D eigenvalue weighted by Crippen LogP contribution is 2.38. The minimum Gasteiger partial charge on any atom is -0.366 e. The fraction of sp³-hybridized carbons (Fsp3) is 0.625. The third-order valence-corrected chi connectivity index (χ3v) is 4.12. The third-order valence-electron chi connectivity index (χ3n) is 4.12. The van der Waals surface area contributed by atoms with Gasteiger partial charge in [-0.05, 0) is 57.8 Å². The zero-order valence-electron chi connectivity index (χ0n) is 12.2. The van der Waals surface area contributed by atoms with Crippen LogP contribution in [0.4, 0.5) is 5.69 Å². The Morgan fingerprint density at radius 3 is 2.72 bits per heavy atom. The summed E-state index contributed by atoms with van der Waals surface area (Å²) in [5.74, 6) is 0.759. The molecule has 18 heavy (non-hydrogen) atoms. The monoisotopic (exact) mass is 246 g/mol. The second-order valence-corrected chi connectivity index (χ2v) is 6.03. The second kappa shape index (κ2) is 5.31. The maximum Gasteiger partial charge on any atom is 0.0403 e. The minimum absolute atomic E-state index is 0.271. The molecule has 100 valence electrons. The predicted octanol–water partition coefficient (Wildman–Crippen LogP) is 3.07. The highest BCUT2D eigenvalue weighted by atomic mass is 15.2. The van der Waals surface area contributed by atoms with Gasteiger partial charge in [-0.25, -0.2) is 0 Å². The molecular weight excluding hydrogens is 220 g/mol. The number of aryl methyl sites for hydroxylation is 1. The SMILES string of the molecule is CCc1ccccc1N1CC(CNC)CC1(C)C. The van der Waals surface area contributed by atoms with E-state index < -0.39 is 0 Å². The van der Waals surface area contributed by atoms with E-state index in [0.29, 0.717) is 0 Å². The molecular formula is C16H26N2. The Bertz CT molecular complexity index is 398. The first-order valence-electron chi connectivity index (χ1n) is 7.08. The maximum absolute atomic E-state index is 3.32. The van der Waals surface area contributed by atoms with Crippen LogP contribution in [0.3, 0.4) is 0 Å². The Balaban J connectivity index is 2.26.